The number of benzene rings is 1. The van der Waals surface area contributed by atoms with E-state index in [4.69, 9.17) is 17.3 Å². The Kier molecular flexibility index (Phi) is 2.33. The van der Waals surface area contributed by atoms with E-state index in [0.29, 0.717) is 11.9 Å². The molecule has 2 aliphatic rings. The fraction of sp³-hybridized carbons (Fsp3) is 0.462. The predicted molar refractivity (Wildman–Crippen MR) is 71.5 cm³/mol. The monoisotopic (exact) mass is 249 g/mol. The predicted octanol–water partition coefficient (Wildman–Crippen LogP) is 2.64. The lowest BCUT2D eigenvalue weighted by atomic mass is 9.94. The lowest BCUT2D eigenvalue weighted by Gasteiger charge is -2.36. The second kappa shape index (κ2) is 3.64. The van der Waals surface area contributed by atoms with Crippen LogP contribution < -0.4 is 10.6 Å². The average molecular weight is 250 g/mol. The molecular formula is C13H16ClN3. The summed E-state index contributed by atoms with van der Waals surface area (Å²) in [6.07, 6.45) is 2.55. The first-order valence-electron chi connectivity index (χ1n) is 5.97. The van der Waals surface area contributed by atoms with Gasteiger partial charge in [-0.3, -0.25) is 4.99 Å². The Hall–Kier alpha value is -1.22. The Morgan fingerprint density at radius 2 is 2.24 bits per heavy atom. The number of nitrogens with zero attached hydrogens (tertiary/aromatic N) is 2. The van der Waals surface area contributed by atoms with Crippen molar-refractivity contribution in [2.45, 2.75) is 25.3 Å². The van der Waals surface area contributed by atoms with Crippen LogP contribution in [0.25, 0.3) is 0 Å². The Morgan fingerprint density at radius 3 is 2.88 bits per heavy atom. The number of anilines is 1. The van der Waals surface area contributed by atoms with E-state index in [1.165, 1.54) is 12.8 Å². The van der Waals surface area contributed by atoms with Crippen LogP contribution >= 0.6 is 11.6 Å². The standard InChI is InChI=1S/C13H16ClN3/c1-13(9-5-6-9)8-16-12(15)17(13)11-4-2-3-10(14)7-11/h2-4,7,9H,5-6,8H2,1H3,(H2,15,16). The van der Waals surface area contributed by atoms with Gasteiger partial charge in [0.1, 0.15) is 0 Å². The minimum absolute atomic E-state index is 0.0365. The van der Waals surface area contributed by atoms with Crippen molar-refractivity contribution >= 4 is 23.2 Å². The number of guanidine groups is 1. The van der Waals surface area contributed by atoms with Gasteiger partial charge < -0.3 is 10.6 Å². The van der Waals surface area contributed by atoms with Crippen LogP contribution in [-0.2, 0) is 0 Å². The van der Waals surface area contributed by atoms with Crippen LogP contribution in [0.1, 0.15) is 19.8 Å². The van der Waals surface area contributed by atoms with Gasteiger partial charge in [0.15, 0.2) is 5.96 Å². The number of hydrogen-bond donors (Lipinski definition) is 1. The van der Waals surface area contributed by atoms with E-state index < -0.39 is 0 Å². The summed E-state index contributed by atoms with van der Waals surface area (Å²) in [5, 5.41) is 0.736. The molecule has 0 amide bonds. The average Bonchev–Trinajstić information content (AvgIpc) is 3.07. The van der Waals surface area contributed by atoms with E-state index in [1.54, 1.807) is 0 Å². The highest BCUT2D eigenvalue weighted by Gasteiger charge is 2.49. The Labute approximate surface area is 106 Å². The number of rotatable bonds is 2. The van der Waals surface area contributed by atoms with Crippen LogP contribution in [0.5, 0.6) is 0 Å². The molecule has 3 rings (SSSR count). The van der Waals surface area contributed by atoms with E-state index in [2.05, 4.69) is 16.8 Å². The molecule has 1 aromatic rings. The van der Waals surface area contributed by atoms with Gasteiger partial charge in [-0.2, -0.15) is 0 Å². The largest absolute Gasteiger partial charge is 0.369 e. The molecule has 0 aromatic heterocycles. The van der Waals surface area contributed by atoms with Crippen molar-refractivity contribution in [3.8, 4) is 0 Å². The van der Waals surface area contributed by atoms with Gasteiger partial charge >= 0.3 is 0 Å². The summed E-state index contributed by atoms with van der Waals surface area (Å²) in [4.78, 5) is 6.56. The van der Waals surface area contributed by atoms with Crippen LogP contribution in [0.2, 0.25) is 5.02 Å². The van der Waals surface area contributed by atoms with E-state index >= 15 is 0 Å². The van der Waals surface area contributed by atoms with Crippen LogP contribution in [0, 0.1) is 5.92 Å². The third-order valence-corrected chi connectivity index (χ3v) is 4.06. The molecule has 1 saturated carbocycles. The lowest BCUT2D eigenvalue weighted by Crippen LogP contribution is -2.51. The molecule has 0 bridgehead atoms. The highest BCUT2D eigenvalue weighted by Crippen LogP contribution is 2.46. The molecule has 90 valence electrons. The van der Waals surface area contributed by atoms with Crippen LogP contribution in [-0.4, -0.2) is 18.0 Å². The molecule has 1 aliphatic heterocycles. The van der Waals surface area contributed by atoms with Crippen molar-refractivity contribution in [3.63, 3.8) is 0 Å². The summed E-state index contributed by atoms with van der Waals surface area (Å²) in [6.45, 7) is 3.03. The molecule has 2 N–H and O–H groups in total. The minimum Gasteiger partial charge on any atom is -0.369 e. The summed E-state index contributed by atoms with van der Waals surface area (Å²) < 4.78 is 0. The molecule has 1 fully saturated rings. The second-order valence-corrected chi connectivity index (χ2v) is 5.56. The Bertz CT molecular complexity index is 481. The van der Waals surface area contributed by atoms with Crippen LogP contribution in [0.15, 0.2) is 29.3 Å². The van der Waals surface area contributed by atoms with E-state index in [-0.39, 0.29) is 5.54 Å². The topological polar surface area (TPSA) is 41.6 Å². The summed E-state index contributed by atoms with van der Waals surface area (Å²) >= 11 is 6.05. The molecule has 0 radical (unpaired) electrons. The van der Waals surface area contributed by atoms with Gasteiger partial charge in [0, 0.05) is 10.7 Å². The van der Waals surface area contributed by atoms with E-state index in [9.17, 15) is 0 Å². The van der Waals surface area contributed by atoms with Gasteiger partial charge in [0.25, 0.3) is 0 Å². The SMILES string of the molecule is CC1(C2CC2)CN=C(N)N1c1cccc(Cl)c1. The zero-order chi connectivity index (χ0) is 12.0. The van der Waals surface area contributed by atoms with E-state index in [1.807, 2.05) is 24.3 Å². The third-order valence-electron chi connectivity index (χ3n) is 3.82. The number of halogens is 1. The van der Waals surface area contributed by atoms with Gasteiger partial charge in [-0.25, -0.2) is 0 Å². The highest BCUT2D eigenvalue weighted by atomic mass is 35.5. The fourth-order valence-corrected chi connectivity index (χ4v) is 2.89. The maximum Gasteiger partial charge on any atom is 0.196 e. The molecule has 1 atom stereocenters. The Morgan fingerprint density at radius 1 is 1.47 bits per heavy atom. The Balaban J connectivity index is 2.01. The second-order valence-electron chi connectivity index (χ2n) is 5.12. The van der Waals surface area contributed by atoms with Gasteiger partial charge in [-0.15, -0.1) is 0 Å². The lowest BCUT2D eigenvalue weighted by molar-refractivity contribution is 0.440. The quantitative estimate of drug-likeness (QED) is 0.876. The molecule has 1 aromatic carbocycles. The first-order valence-corrected chi connectivity index (χ1v) is 6.35. The molecular weight excluding hydrogens is 234 g/mol. The van der Waals surface area contributed by atoms with Crippen molar-refractivity contribution in [2.24, 2.45) is 16.6 Å². The highest BCUT2D eigenvalue weighted by molar-refractivity contribution is 6.31. The third kappa shape index (κ3) is 1.69. The normalized spacial score (nSPS) is 28.4. The number of nitrogens with two attached hydrogens (primary N) is 1. The number of aliphatic imine (C=N–C) groups is 1. The first kappa shape index (κ1) is 10.9. The first-order chi connectivity index (χ1) is 8.11. The molecule has 1 unspecified atom stereocenters. The van der Waals surface area contributed by atoms with Crippen LogP contribution in [0.3, 0.4) is 0 Å². The van der Waals surface area contributed by atoms with Crippen molar-refractivity contribution in [1.29, 1.82) is 0 Å². The zero-order valence-corrected chi connectivity index (χ0v) is 10.6. The summed E-state index contributed by atoms with van der Waals surface area (Å²) in [6, 6.07) is 7.83. The molecule has 1 heterocycles. The maximum absolute atomic E-state index is 6.05. The van der Waals surface area contributed by atoms with E-state index in [0.717, 1.165) is 17.3 Å². The zero-order valence-electron chi connectivity index (χ0n) is 9.86. The molecule has 1 aliphatic carbocycles. The molecule has 0 saturated heterocycles. The van der Waals surface area contributed by atoms with Crippen molar-refractivity contribution < 1.29 is 0 Å². The van der Waals surface area contributed by atoms with Gasteiger partial charge in [0.05, 0.1) is 12.1 Å². The van der Waals surface area contributed by atoms with Gasteiger partial charge in [-0.05, 0) is 43.9 Å². The number of hydrogen-bond acceptors (Lipinski definition) is 3. The summed E-state index contributed by atoms with van der Waals surface area (Å²) in [7, 11) is 0. The van der Waals surface area contributed by atoms with Crippen molar-refractivity contribution in [3.05, 3.63) is 29.3 Å². The summed E-state index contributed by atoms with van der Waals surface area (Å²) in [5.74, 6) is 1.31. The van der Waals surface area contributed by atoms with Crippen molar-refractivity contribution in [2.75, 3.05) is 11.4 Å². The van der Waals surface area contributed by atoms with Crippen LogP contribution in [0.4, 0.5) is 5.69 Å². The molecule has 17 heavy (non-hydrogen) atoms. The molecule has 3 nitrogen and oxygen atoms in total. The molecule has 4 heteroatoms. The van der Waals surface area contributed by atoms with Gasteiger partial charge in [0.2, 0.25) is 0 Å². The fourth-order valence-electron chi connectivity index (χ4n) is 2.70. The van der Waals surface area contributed by atoms with Crippen molar-refractivity contribution in [1.82, 2.24) is 0 Å². The smallest absolute Gasteiger partial charge is 0.196 e. The minimum atomic E-state index is 0.0365. The summed E-state index contributed by atoms with van der Waals surface area (Å²) in [5.41, 5.74) is 7.12. The maximum atomic E-state index is 6.05. The van der Waals surface area contributed by atoms with Gasteiger partial charge in [-0.1, -0.05) is 17.7 Å². The molecule has 0 spiro atoms.